The highest BCUT2D eigenvalue weighted by Crippen LogP contribution is 2.12. The number of aromatic hydroxyl groups is 1. The average molecular weight is 726 g/mol. The van der Waals surface area contributed by atoms with E-state index in [4.69, 9.17) is 22.9 Å². The van der Waals surface area contributed by atoms with E-state index >= 15 is 0 Å². The Morgan fingerprint density at radius 2 is 1.27 bits per heavy atom. The van der Waals surface area contributed by atoms with Crippen LogP contribution in [-0.2, 0) is 41.6 Å². The van der Waals surface area contributed by atoms with Gasteiger partial charge in [-0.2, -0.15) is 0 Å². The van der Waals surface area contributed by atoms with E-state index in [9.17, 15) is 39.0 Å². The maximum absolute atomic E-state index is 13.9. The van der Waals surface area contributed by atoms with Gasteiger partial charge in [0.25, 0.3) is 5.91 Å². The predicted molar refractivity (Wildman–Crippen MR) is 193 cm³/mol. The number of benzene rings is 2. The summed E-state index contributed by atoms with van der Waals surface area (Å²) in [7, 11) is 0. The molecule has 0 aromatic heterocycles. The number of carboxylic acid groups (broad SMARTS) is 1. The van der Waals surface area contributed by atoms with E-state index in [-0.39, 0.29) is 56.3 Å². The molecule has 0 saturated carbocycles. The second kappa shape index (κ2) is 21.0. The number of carbonyl (C=O) groups is 6. The lowest BCUT2D eigenvalue weighted by Gasteiger charge is -2.27. The molecule has 0 aliphatic carbocycles. The van der Waals surface area contributed by atoms with Gasteiger partial charge >= 0.3 is 5.97 Å². The predicted octanol–water partition coefficient (Wildman–Crippen LogP) is -1.46. The van der Waals surface area contributed by atoms with Crippen LogP contribution in [0.4, 0.5) is 0 Å². The molecule has 4 amide bonds. The van der Waals surface area contributed by atoms with E-state index in [1.54, 1.807) is 56.3 Å². The summed E-state index contributed by atoms with van der Waals surface area (Å²) in [6.45, 7) is 5.09. The van der Waals surface area contributed by atoms with Crippen LogP contribution in [0, 0.1) is 5.92 Å². The zero-order chi connectivity index (χ0) is 39.0. The van der Waals surface area contributed by atoms with Crippen molar-refractivity contribution in [3.8, 4) is 5.75 Å². The summed E-state index contributed by atoms with van der Waals surface area (Å²) < 4.78 is 0. The SMILES string of the molecule is CC(C)CC(NC(=O)C(Cc1ccccc1)NC(=O)C(NC(=O)C(N)Cc1ccc(O)cc1)C(=O)C(C)N)C(=O)NC(CCCN=C(N)N)C(=O)O. The molecule has 0 heterocycles. The van der Waals surface area contributed by atoms with Crippen LogP contribution in [-0.4, -0.2) is 94.3 Å². The third-order valence-electron chi connectivity index (χ3n) is 7.83. The van der Waals surface area contributed by atoms with Crippen LogP contribution in [0.3, 0.4) is 0 Å². The Bertz CT molecular complexity index is 1550. The second-order valence-corrected chi connectivity index (χ2v) is 12.9. The summed E-state index contributed by atoms with van der Waals surface area (Å²) >= 11 is 0. The molecule has 0 radical (unpaired) electrons. The summed E-state index contributed by atoms with van der Waals surface area (Å²) in [6.07, 6.45) is 0.312. The van der Waals surface area contributed by atoms with Gasteiger partial charge in [0.15, 0.2) is 17.8 Å². The standard InChI is InChI=1S/C35H51N9O8/c1-19(2)16-26(31(48)41-25(34(51)52)10-7-15-40-35(38)39)42-32(49)27(18-21-8-5-4-6-9-21)43-33(50)28(29(46)20(3)36)44-30(47)24(37)17-22-11-13-23(45)14-12-22/h4-6,8-9,11-14,19-20,24-28,45H,7,10,15-18,36-37H2,1-3H3,(H,41,48)(H,42,49)(H,43,50)(H,44,47)(H,51,52)(H4,38,39,40). The lowest BCUT2D eigenvalue weighted by Crippen LogP contribution is -2.62. The fraction of sp³-hybridized carbons (Fsp3) is 0.457. The maximum Gasteiger partial charge on any atom is 0.326 e. The number of aliphatic imine (C=N–C) groups is 1. The van der Waals surface area contributed by atoms with Gasteiger partial charge in [0.2, 0.25) is 17.7 Å². The van der Waals surface area contributed by atoms with E-state index in [2.05, 4.69) is 26.3 Å². The van der Waals surface area contributed by atoms with Crippen LogP contribution in [0.2, 0.25) is 0 Å². The Labute approximate surface area is 302 Å². The van der Waals surface area contributed by atoms with Gasteiger partial charge in [-0.1, -0.05) is 56.3 Å². The Morgan fingerprint density at radius 3 is 1.83 bits per heavy atom. The van der Waals surface area contributed by atoms with E-state index < -0.39 is 71.6 Å². The number of phenols is 1. The molecule has 0 aliphatic heterocycles. The number of nitrogens with zero attached hydrogens (tertiary/aromatic N) is 1. The Hall–Kier alpha value is -5.55. The molecule has 17 nitrogen and oxygen atoms in total. The lowest BCUT2D eigenvalue weighted by atomic mass is 9.99. The maximum atomic E-state index is 13.9. The van der Waals surface area contributed by atoms with Crippen molar-refractivity contribution in [2.75, 3.05) is 6.54 Å². The molecule has 2 rings (SSSR count). The highest BCUT2D eigenvalue weighted by Gasteiger charge is 2.36. The van der Waals surface area contributed by atoms with Crippen molar-refractivity contribution in [3.05, 3.63) is 65.7 Å². The molecule has 0 spiro atoms. The van der Waals surface area contributed by atoms with Crippen LogP contribution in [0.5, 0.6) is 5.75 Å². The zero-order valence-electron chi connectivity index (χ0n) is 29.6. The van der Waals surface area contributed by atoms with Crippen molar-refractivity contribution in [2.45, 2.75) is 89.1 Å². The summed E-state index contributed by atoms with van der Waals surface area (Å²) in [5.74, 6) is -5.86. The number of amides is 4. The fourth-order valence-electron chi connectivity index (χ4n) is 5.08. The smallest absolute Gasteiger partial charge is 0.326 e. The molecule has 0 fully saturated rings. The molecule has 0 aliphatic rings. The van der Waals surface area contributed by atoms with Gasteiger partial charge in [0.1, 0.15) is 23.9 Å². The second-order valence-electron chi connectivity index (χ2n) is 12.9. The first-order valence-electron chi connectivity index (χ1n) is 16.8. The minimum absolute atomic E-state index is 0.00614. The highest BCUT2D eigenvalue weighted by molar-refractivity contribution is 6.10. The van der Waals surface area contributed by atoms with Crippen LogP contribution in [0.25, 0.3) is 0 Å². The Morgan fingerprint density at radius 1 is 0.712 bits per heavy atom. The number of rotatable bonds is 21. The van der Waals surface area contributed by atoms with Crippen molar-refractivity contribution >= 4 is 41.3 Å². The topological polar surface area (TPSA) is 307 Å². The van der Waals surface area contributed by atoms with Gasteiger partial charge in [-0.25, -0.2) is 4.79 Å². The first kappa shape index (κ1) is 42.6. The molecule has 2 aromatic carbocycles. The quantitative estimate of drug-likeness (QED) is 0.0306. The number of carbonyl (C=O) groups excluding carboxylic acids is 5. The number of nitrogens with one attached hydrogen (secondary N) is 4. The highest BCUT2D eigenvalue weighted by atomic mass is 16.4. The number of aliphatic carboxylic acids is 1. The van der Waals surface area contributed by atoms with Crippen LogP contribution < -0.4 is 44.2 Å². The molecule has 6 atom stereocenters. The number of Topliss-reactive ketones (excluding diaryl/α,β-unsaturated/α-hetero) is 1. The van der Waals surface area contributed by atoms with E-state index in [1.165, 1.54) is 19.1 Å². The number of guanidine groups is 1. The number of phenolic OH excluding ortho intramolecular Hbond substituents is 1. The summed E-state index contributed by atoms with van der Waals surface area (Å²) in [4.78, 5) is 83.0. The third-order valence-corrected chi connectivity index (χ3v) is 7.83. The van der Waals surface area contributed by atoms with Crippen molar-refractivity contribution in [1.82, 2.24) is 21.3 Å². The van der Waals surface area contributed by atoms with Gasteiger partial charge < -0.3 is 54.4 Å². The van der Waals surface area contributed by atoms with Crippen LogP contribution in [0.15, 0.2) is 59.6 Å². The zero-order valence-corrected chi connectivity index (χ0v) is 29.6. The largest absolute Gasteiger partial charge is 0.508 e. The first-order valence-corrected chi connectivity index (χ1v) is 16.8. The van der Waals surface area contributed by atoms with Crippen molar-refractivity contribution in [1.29, 1.82) is 0 Å². The minimum atomic E-state index is -1.82. The molecule has 284 valence electrons. The molecule has 0 bridgehead atoms. The molecule has 6 unspecified atom stereocenters. The lowest BCUT2D eigenvalue weighted by molar-refractivity contribution is -0.142. The van der Waals surface area contributed by atoms with E-state index in [0.29, 0.717) is 11.1 Å². The third kappa shape index (κ3) is 14.7. The number of ketones is 1. The number of nitrogens with two attached hydrogens (primary N) is 4. The number of hydrogen-bond acceptors (Lipinski definition) is 10. The van der Waals surface area contributed by atoms with Crippen molar-refractivity contribution < 1.29 is 39.0 Å². The van der Waals surface area contributed by atoms with Crippen molar-refractivity contribution in [2.24, 2.45) is 33.8 Å². The van der Waals surface area contributed by atoms with Gasteiger partial charge in [-0.15, -0.1) is 0 Å². The molecular weight excluding hydrogens is 674 g/mol. The van der Waals surface area contributed by atoms with Crippen LogP contribution >= 0.6 is 0 Å². The van der Waals surface area contributed by atoms with Crippen LogP contribution in [0.1, 0.15) is 51.2 Å². The fourth-order valence-corrected chi connectivity index (χ4v) is 5.08. The monoisotopic (exact) mass is 725 g/mol. The Balaban J connectivity index is 2.32. The molecule has 2 aromatic rings. The number of carboxylic acids is 1. The first-order chi connectivity index (χ1) is 24.5. The molecule has 52 heavy (non-hydrogen) atoms. The Kier molecular flexibility index (Phi) is 17.2. The van der Waals surface area contributed by atoms with Gasteiger partial charge in [0, 0.05) is 13.0 Å². The summed E-state index contributed by atoms with van der Waals surface area (Å²) in [5.41, 5.74) is 23.8. The average Bonchev–Trinajstić information content (AvgIpc) is 3.08. The molecule has 0 saturated heterocycles. The van der Waals surface area contributed by atoms with Crippen molar-refractivity contribution in [3.63, 3.8) is 0 Å². The van der Waals surface area contributed by atoms with E-state index in [1.807, 2.05) is 0 Å². The minimum Gasteiger partial charge on any atom is -0.508 e. The van der Waals surface area contributed by atoms with Gasteiger partial charge in [-0.3, -0.25) is 29.0 Å². The molecule has 14 N–H and O–H groups in total. The molecule has 17 heteroatoms. The van der Waals surface area contributed by atoms with Gasteiger partial charge in [0.05, 0.1) is 12.1 Å². The molecular formula is C35H51N9O8. The van der Waals surface area contributed by atoms with Gasteiger partial charge in [-0.05, 0) is 61.8 Å². The summed E-state index contributed by atoms with van der Waals surface area (Å²) in [6, 6.07) is 6.51. The normalized spacial score (nSPS) is 14.4. The van der Waals surface area contributed by atoms with E-state index in [0.717, 1.165) is 0 Å². The number of hydrogen-bond donors (Lipinski definition) is 10. The summed E-state index contributed by atoms with van der Waals surface area (Å²) in [5, 5.41) is 29.2.